The molecular formula is C13H22N2O3. The van der Waals surface area contributed by atoms with E-state index in [4.69, 9.17) is 5.11 Å². The van der Waals surface area contributed by atoms with Crippen LogP contribution in [0.1, 0.15) is 33.6 Å². The molecule has 0 spiro atoms. The van der Waals surface area contributed by atoms with Crippen LogP contribution in [0.4, 0.5) is 0 Å². The summed E-state index contributed by atoms with van der Waals surface area (Å²) in [5.41, 5.74) is 0.374. The van der Waals surface area contributed by atoms with Gasteiger partial charge in [-0.2, -0.15) is 0 Å². The van der Waals surface area contributed by atoms with Gasteiger partial charge in [0.1, 0.15) is 0 Å². The van der Waals surface area contributed by atoms with Crippen LogP contribution in [0.15, 0.2) is 11.1 Å². The molecular weight excluding hydrogens is 232 g/mol. The van der Waals surface area contributed by atoms with Gasteiger partial charge < -0.3 is 10.4 Å². The Hall–Kier alpha value is -1.36. The molecule has 102 valence electrons. The minimum Gasteiger partial charge on any atom is -0.478 e. The summed E-state index contributed by atoms with van der Waals surface area (Å²) >= 11 is 0. The Bertz CT molecular complexity index is 359. The van der Waals surface area contributed by atoms with Gasteiger partial charge in [0.05, 0.1) is 0 Å². The number of likely N-dealkylation sites (N-methyl/N-ethyl adjacent to an activating group) is 1. The van der Waals surface area contributed by atoms with E-state index >= 15 is 0 Å². The number of hydrogen-bond donors (Lipinski definition) is 2. The van der Waals surface area contributed by atoms with E-state index in [0.29, 0.717) is 12.6 Å². The van der Waals surface area contributed by atoms with Crippen molar-refractivity contribution in [3.05, 3.63) is 11.1 Å². The molecule has 0 aromatic carbocycles. The van der Waals surface area contributed by atoms with E-state index in [9.17, 15) is 9.59 Å². The van der Waals surface area contributed by atoms with Crippen molar-refractivity contribution in [3.8, 4) is 0 Å². The number of carboxylic acid groups (broad SMARTS) is 1. The molecule has 1 amide bonds. The molecule has 0 heterocycles. The number of carboxylic acids is 1. The summed E-state index contributed by atoms with van der Waals surface area (Å²) in [6.07, 6.45) is 2.50. The number of carbonyl (C=O) groups is 2. The number of nitrogens with zero attached hydrogens (tertiary/aromatic N) is 1. The zero-order valence-electron chi connectivity index (χ0n) is 11.3. The first-order valence-electron chi connectivity index (χ1n) is 6.40. The summed E-state index contributed by atoms with van der Waals surface area (Å²) in [6, 6.07) is 0.685. The van der Waals surface area contributed by atoms with Crippen LogP contribution in [0.3, 0.4) is 0 Å². The second kappa shape index (κ2) is 6.54. The van der Waals surface area contributed by atoms with E-state index in [1.54, 1.807) is 0 Å². The van der Waals surface area contributed by atoms with Crippen LogP contribution in [-0.4, -0.2) is 47.6 Å². The second-order valence-corrected chi connectivity index (χ2v) is 4.67. The number of hydrogen-bond acceptors (Lipinski definition) is 3. The Morgan fingerprint density at radius 3 is 2.33 bits per heavy atom. The van der Waals surface area contributed by atoms with Gasteiger partial charge >= 0.3 is 5.97 Å². The topological polar surface area (TPSA) is 69.6 Å². The van der Waals surface area contributed by atoms with E-state index < -0.39 is 5.97 Å². The maximum Gasteiger partial charge on any atom is 0.331 e. The first-order chi connectivity index (χ1) is 8.47. The minimum atomic E-state index is -1.05. The molecule has 0 radical (unpaired) electrons. The average Bonchev–Trinajstić information content (AvgIpc) is 3.16. The third kappa shape index (κ3) is 4.14. The standard InChI is InChI=1S/C13H22N2O3/c1-4-15(11-5-6-11)8-7-14-12(16)9(2)10(3)13(17)18/h11H,4-8H2,1-3H3,(H,14,16)(H,17,18). The molecule has 0 aliphatic heterocycles. The van der Waals surface area contributed by atoms with Crippen LogP contribution in [0.5, 0.6) is 0 Å². The molecule has 0 atom stereocenters. The SMILES string of the molecule is CCN(CCNC(=O)C(C)=C(C)C(=O)O)C1CC1. The fraction of sp³-hybridized carbons (Fsp3) is 0.692. The van der Waals surface area contributed by atoms with Crippen molar-refractivity contribution in [1.29, 1.82) is 0 Å². The van der Waals surface area contributed by atoms with E-state index in [0.717, 1.165) is 13.1 Å². The average molecular weight is 254 g/mol. The zero-order chi connectivity index (χ0) is 13.7. The lowest BCUT2D eigenvalue weighted by molar-refractivity contribution is -0.133. The van der Waals surface area contributed by atoms with E-state index in [1.165, 1.54) is 26.7 Å². The number of nitrogens with one attached hydrogen (secondary N) is 1. The fourth-order valence-electron chi connectivity index (χ4n) is 1.81. The summed E-state index contributed by atoms with van der Waals surface area (Å²) in [7, 11) is 0. The highest BCUT2D eigenvalue weighted by molar-refractivity contribution is 6.01. The third-order valence-corrected chi connectivity index (χ3v) is 3.38. The van der Waals surface area contributed by atoms with Crippen molar-refractivity contribution in [3.63, 3.8) is 0 Å². The molecule has 5 nitrogen and oxygen atoms in total. The summed E-state index contributed by atoms with van der Waals surface area (Å²) < 4.78 is 0. The molecule has 0 aromatic rings. The molecule has 1 rings (SSSR count). The van der Waals surface area contributed by atoms with Crippen LogP contribution in [0.25, 0.3) is 0 Å². The molecule has 0 bridgehead atoms. The normalized spacial score (nSPS) is 16.4. The highest BCUT2D eigenvalue weighted by Gasteiger charge is 2.27. The molecule has 18 heavy (non-hydrogen) atoms. The van der Waals surface area contributed by atoms with Gasteiger partial charge in [0.25, 0.3) is 0 Å². The molecule has 0 unspecified atom stereocenters. The lowest BCUT2D eigenvalue weighted by Gasteiger charge is -2.19. The summed E-state index contributed by atoms with van der Waals surface area (Å²) in [4.78, 5) is 24.8. The Morgan fingerprint density at radius 1 is 1.28 bits per heavy atom. The fourth-order valence-corrected chi connectivity index (χ4v) is 1.81. The Kier molecular flexibility index (Phi) is 5.34. The lowest BCUT2D eigenvalue weighted by atomic mass is 10.1. The molecule has 0 saturated heterocycles. The maximum atomic E-state index is 11.7. The first kappa shape index (κ1) is 14.7. The minimum absolute atomic E-state index is 0.0991. The van der Waals surface area contributed by atoms with Gasteiger partial charge in [-0.15, -0.1) is 0 Å². The first-order valence-corrected chi connectivity index (χ1v) is 6.40. The largest absolute Gasteiger partial charge is 0.478 e. The van der Waals surface area contributed by atoms with Crippen molar-refractivity contribution in [2.45, 2.75) is 39.7 Å². The van der Waals surface area contributed by atoms with Crippen LogP contribution >= 0.6 is 0 Å². The van der Waals surface area contributed by atoms with Gasteiger partial charge in [0, 0.05) is 30.3 Å². The zero-order valence-corrected chi connectivity index (χ0v) is 11.3. The molecule has 1 fully saturated rings. The van der Waals surface area contributed by atoms with Gasteiger partial charge in [-0.25, -0.2) is 4.79 Å². The lowest BCUT2D eigenvalue weighted by Crippen LogP contribution is -2.36. The Morgan fingerprint density at radius 2 is 1.89 bits per heavy atom. The second-order valence-electron chi connectivity index (χ2n) is 4.67. The number of amides is 1. The van der Waals surface area contributed by atoms with Crippen LogP contribution < -0.4 is 5.32 Å². The molecule has 1 saturated carbocycles. The van der Waals surface area contributed by atoms with Crippen molar-refractivity contribution in [2.75, 3.05) is 19.6 Å². The number of carbonyl (C=O) groups excluding carboxylic acids is 1. The van der Waals surface area contributed by atoms with Gasteiger partial charge in [-0.1, -0.05) is 6.92 Å². The molecule has 2 N–H and O–H groups in total. The van der Waals surface area contributed by atoms with Crippen molar-refractivity contribution in [2.24, 2.45) is 0 Å². The molecule has 5 heteroatoms. The maximum absolute atomic E-state index is 11.7. The summed E-state index contributed by atoms with van der Waals surface area (Å²) in [5.74, 6) is -1.34. The van der Waals surface area contributed by atoms with Gasteiger partial charge in [0.15, 0.2) is 0 Å². The predicted octanol–water partition coefficient (Wildman–Crippen LogP) is 1.01. The molecule has 1 aliphatic carbocycles. The quantitative estimate of drug-likeness (QED) is 0.665. The van der Waals surface area contributed by atoms with Crippen LogP contribution in [0.2, 0.25) is 0 Å². The summed E-state index contributed by atoms with van der Waals surface area (Å²) in [5, 5.41) is 11.6. The molecule has 1 aliphatic rings. The Labute approximate surface area is 108 Å². The van der Waals surface area contributed by atoms with Crippen LogP contribution in [0, 0.1) is 0 Å². The van der Waals surface area contributed by atoms with E-state index in [-0.39, 0.29) is 17.1 Å². The van der Waals surface area contributed by atoms with E-state index in [2.05, 4.69) is 17.1 Å². The molecule has 0 aromatic heterocycles. The summed E-state index contributed by atoms with van der Waals surface area (Å²) in [6.45, 7) is 7.47. The van der Waals surface area contributed by atoms with Gasteiger partial charge in [0.2, 0.25) is 5.91 Å². The third-order valence-electron chi connectivity index (χ3n) is 3.38. The predicted molar refractivity (Wildman–Crippen MR) is 69.3 cm³/mol. The monoisotopic (exact) mass is 254 g/mol. The highest BCUT2D eigenvalue weighted by Crippen LogP contribution is 2.25. The highest BCUT2D eigenvalue weighted by atomic mass is 16.4. The van der Waals surface area contributed by atoms with Gasteiger partial charge in [-0.05, 0) is 33.2 Å². The van der Waals surface area contributed by atoms with Crippen molar-refractivity contribution in [1.82, 2.24) is 10.2 Å². The smallest absolute Gasteiger partial charge is 0.331 e. The van der Waals surface area contributed by atoms with Crippen LogP contribution in [-0.2, 0) is 9.59 Å². The number of rotatable bonds is 7. The van der Waals surface area contributed by atoms with E-state index in [1.807, 2.05) is 0 Å². The Balaban J connectivity index is 2.36. The number of aliphatic carboxylic acids is 1. The van der Waals surface area contributed by atoms with Crippen molar-refractivity contribution < 1.29 is 14.7 Å². The van der Waals surface area contributed by atoms with Gasteiger partial charge in [-0.3, -0.25) is 9.69 Å². The van der Waals surface area contributed by atoms with Crippen molar-refractivity contribution >= 4 is 11.9 Å².